The van der Waals surface area contributed by atoms with E-state index in [4.69, 9.17) is 4.74 Å². The van der Waals surface area contributed by atoms with Crippen LogP contribution in [0.2, 0.25) is 0 Å². The first-order valence-electron chi connectivity index (χ1n) is 8.63. The van der Waals surface area contributed by atoms with E-state index in [0.717, 1.165) is 28.0 Å². The number of aromatic hydroxyl groups is 2. The van der Waals surface area contributed by atoms with E-state index in [2.05, 4.69) is 15.5 Å². The number of amides is 1. The summed E-state index contributed by atoms with van der Waals surface area (Å²) in [4.78, 5) is 16.4. The normalized spacial score (nSPS) is 10.8. The minimum Gasteiger partial charge on any atom is -0.508 e. The van der Waals surface area contributed by atoms with Crippen molar-refractivity contribution in [3.05, 3.63) is 77.5 Å². The van der Waals surface area contributed by atoms with E-state index in [-0.39, 0.29) is 17.1 Å². The van der Waals surface area contributed by atoms with Gasteiger partial charge in [0.1, 0.15) is 17.2 Å². The molecule has 1 amide bonds. The molecule has 0 spiro atoms. The second-order valence-electron chi connectivity index (χ2n) is 5.93. The first-order chi connectivity index (χ1) is 14.1. The number of hydrazone groups is 1. The number of phenolic OH excluding ortho intramolecular Hbond substituents is 2. The molecule has 29 heavy (non-hydrogen) atoms. The van der Waals surface area contributed by atoms with E-state index in [1.54, 1.807) is 25.1 Å². The molecule has 1 aromatic heterocycles. The molecule has 1 heterocycles. The average Bonchev–Trinajstić information content (AvgIpc) is 2.73. The zero-order valence-electron chi connectivity index (χ0n) is 15.6. The molecular weight excluding hydrogens is 390 g/mol. The van der Waals surface area contributed by atoms with Gasteiger partial charge in [0, 0.05) is 23.6 Å². The molecule has 0 saturated heterocycles. The minimum absolute atomic E-state index is 0.0159. The first-order valence-corrected chi connectivity index (χ1v) is 9.61. The predicted octanol–water partition coefficient (Wildman–Crippen LogP) is 3.56. The van der Waals surface area contributed by atoms with Crippen molar-refractivity contribution in [2.75, 3.05) is 7.11 Å². The van der Waals surface area contributed by atoms with Crippen LogP contribution >= 0.6 is 11.8 Å². The van der Waals surface area contributed by atoms with Crippen LogP contribution in [0.25, 0.3) is 0 Å². The van der Waals surface area contributed by atoms with Gasteiger partial charge < -0.3 is 14.9 Å². The Bertz CT molecular complexity index is 1030. The number of methoxy groups -OCH3 is 1. The van der Waals surface area contributed by atoms with Gasteiger partial charge in [0.2, 0.25) is 0 Å². The summed E-state index contributed by atoms with van der Waals surface area (Å²) in [6.07, 6.45) is 3.25. The zero-order valence-corrected chi connectivity index (χ0v) is 16.4. The lowest BCUT2D eigenvalue weighted by Gasteiger charge is -2.09. The third kappa shape index (κ3) is 5.49. The van der Waals surface area contributed by atoms with E-state index < -0.39 is 5.91 Å². The van der Waals surface area contributed by atoms with Crippen molar-refractivity contribution in [1.82, 2.24) is 10.4 Å². The Labute approximate surface area is 172 Å². The Kier molecular flexibility index (Phi) is 6.70. The number of thioether (sulfide) groups is 1. The van der Waals surface area contributed by atoms with Crippen LogP contribution < -0.4 is 10.2 Å². The molecule has 0 aliphatic carbocycles. The number of ether oxygens (including phenoxy) is 1. The van der Waals surface area contributed by atoms with Crippen molar-refractivity contribution in [2.24, 2.45) is 5.10 Å². The summed E-state index contributed by atoms with van der Waals surface area (Å²) in [7, 11) is 1.61. The fourth-order valence-corrected chi connectivity index (χ4v) is 3.35. The summed E-state index contributed by atoms with van der Waals surface area (Å²) < 4.78 is 5.42. The molecule has 3 rings (SSSR count). The van der Waals surface area contributed by atoms with Gasteiger partial charge in [-0.3, -0.25) is 4.79 Å². The number of rotatable bonds is 7. The summed E-state index contributed by atoms with van der Waals surface area (Å²) in [5.74, 6) is 0.380. The summed E-state index contributed by atoms with van der Waals surface area (Å²) >= 11 is 1.59. The molecule has 0 aliphatic heterocycles. The maximum atomic E-state index is 12.1. The van der Waals surface area contributed by atoms with Crippen LogP contribution in [-0.2, 0) is 5.75 Å². The maximum absolute atomic E-state index is 12.1. The molecule has 2 aromatic carbocycles. The lowest BCUT2D eigenvalue weighted by Crippen LogP contribution is -2.17. The zero-order chi connectivity index (χ0) is 20.6. The molecule has 0 radical (unpaired) electrons. The van der Waals surface area contributed by atoms with Gasteiger partial charge >= 0.3 is 0 Å². The molecule has 3 N–H and O–H groups in total. The molecule has 7 nitrogen and oxygen atoms in total. The average molecular weight is 409 g/mol. The fourth-order valence-electron chi connectivity index (χ4n) is 2.51. The van der Waals surface area contributed by atoms with Crippen molar-refractivity contribution in [2.45, 2.75) is 10.8 Å². The quantitative estimate of drug-likeness (QED) is 0.313. The second-order valence-corrected chi connectivity index (χ2v) is 6.92. The van der Waals surface area contributed by atoms with Gasteiger partial charge in [0.25, 0.3) is 5.91 Å². The Morgan fingerprint density at radius 3 is 2.79 bits per heavy atom. The van der Waals surface area contributed by atoms with Gasteiger partial charge in [-0.05, 0) is 48.0 Å². The molecule has 0 fully saturated rings. The van der Waals surface area contributed by atoms with Gasteiger partial charge in [-0.25, -0.2) is 10.4 Å². The Morgan fingerprint density at radius 1 is 1.21 bits per heavy atom. The third-order valence-corrected chi connectivity index (χ3v) is 4.92. The van der Waals surface area contributed by atoms with E-state index in [1.165, 1.54) is 18.3 Å². The molecule has 0 bridgehead atoms. The highest BCUT2D eigenvalue weighted by atomic mass is 32.2. The van der Waals surface area contributed by atoms with Crippen molar-refractivity contribution in [3.63, 3.8) is 0 Å². The van der Waals surface area contributed by atoms with Crippen molar-refractivity contribution in [1.29, 1.82) is 0 Å². The molecular formula is C21H19N3O4S. The lowest BCUT2D eigenvalue weighted by atomic mass is 10.1. The van der Waals surface area contributed by atoms with Gasteiger partial charge in [0.05, 0.1) is 23.9 Å². The predicted molar refractivity (Wildman–Crippen MR) is 112 cm³/mol. The number of benzene rings is 2. The third-order valence-electron chi connectivity index (χ3n) is 3.92. The van der Waals surface area contributed by atoms with Crippen LogP contribution in [0.15, 0.2) is 70.9 Å². The molecule has 0 unspecified atom stereocenters. The van der Waals surface area contributed by atoms with Gasteiger partial charge in [0.15, 0.2) is 0 Å². The van der Waals surface area contributed by atoms with E-state index in [9.17, 15) is 15.0 Å². The number of hydrogen-bond donors (Lipinski definition) is 3. The SMILES string of the molecule is COc1ccc(/C=N/NC(=O)c2ccc(O)cc2O)cc1CSc1ccccn1. The Hall–Kier alpha value is -3.52. The molecule has 8 heteroatoms. The molecule has 0 saturated carbocycles. The highest BCUT2D eigenvalue weighted by Gasteiger charge is 2.11. The maximum Gasteiger partial charge on any atom is 0.275 e. The summed E-state index contributed by atoms with van der Waals surface area (Å²) in [5.41, 5.74) is 4.11. The fraction of sp³-hybridized carbons (Fsp3) is 0.0952. The second kappa shape index (κ2) is 9.61. The number of phenols is 2. The van der Waals surface area contributed by atoms with Crippen molar-refractivity contribution < 1.29 is 19.7 Å². The Balaban J connectivity index is 1.67. The van der Waals surface area contributed by atoms with Crippen molar-refractivity contribution in [3.8, 4) is 17.2 Å². The van der Waals surface area contributed by atoms with Crippen LogP contribution in [0.3, 0.4) is 0 Å². The van der Waals surface area contributed by atoms with Crippen LogP contribution in [0.5, 0.6) is 17.2 Å². The molecule has 0 atom stereocenters. The smallest absolute Gasteiger partial charge is 0.275 e. The van der Waals surface area contributed by atoms with Crippen LogP contribution in [0.1, 0.15) is 21.5 Å². The molecule has 0 aliphatic rings. The highest BCUT2D eigenvalue weighted by Crippen LogP contribution is 2.27. The monoisotopic (exact) mass is 409 g/mol. The van der Waals surface area contributed by atoms with Crippen LogP contribution in [0.4, 0.5) is 0 Å². The topological polar surface area (TPSA) is 104 Å². The summed E-state index contributed by atoms with van der Waals surface area (Å²) in [6, 6.07) is 15.0. The Morgan fingerprint density at radius 2 is 2.07 bits per heavy atom. The number of nitrogens with one attached hydrogen (secondary N) is 1. The minimum atomic E-state index is -0.585. The van der Waals surface area contributed by atoms with Gasteiger partial charge in [-0.1, -0.05) is 6.07 Å². The number of pyridine rings is 1. The standard InChI is InChI=1S/C21H19N3O4S/c1-28-19-8-5-14(10-15(19)13-29-20-4-2-3-9-22-20)12-23-24-21(27)17-7-6-16(25)11-18(17)26/h2-12,25-26H,13H2,1H3,(H,24,27)/b23-12+. The molecule has 3 aromatic rings. The molecule has 148 valence electrons. The van der Waals surface area contributed by atoms with Crippen LogP contribution in [0, 0.1) is 0 Å². The number of carbonyl (C=O) groups excluding carboxylic acids is 1. The summed E-state index contributed by atoms with van der Waals surface area (Å²) in [6.45, 7) is 0. The van der Waals surface area contributed by atoms with E-state index in [1.807, 2.05) is 36.4 Å². The van der Waals surface area contributed by atoms with E-state index >= 15 is 0 Å². The number of hydrogen-bond acceptors (Lipinski definition) is 7. The van der Waals surface area contributed by atoms with Crippen LogP contribution in [-0.4, -0.2) is 34.4 Å². The summed E-state index contributed by atoms with van der Waals surface area (Å²) in [5, 5.41) is 23.9. The lowest BCUT2D eigenvalue weighted by molar-refractivity contribution is 0.0952. The number of nitrogens with zero attached hydrogens (tertiary/aromatic N) is 2. The largest absolute Gasteiger partial charge is 0.508 e. The van der Waals surface area contributed by atoms with Crippen molar-refractivity contribution >= 4 is 23.9 Å². The first kappa shape index (κ1) is 20.2. The number of aromatic nitrogens is 1. The van der Waals surface area contributed by atoms with Gasteiger partial charge in [-0.2, -0.15) is 5.10 Å². The highest BCUT2D eigenvalue weighted by molar-refractivity contribution is 7.98. The van der Waals surface area contributed by atoms with E-state index in [0.29, 0.717) is 5.75 Å². The van der Waals surface area contributed by atoms with Gasteiger partial charge in [-0.15, -0.1) is 11.8 Å². The number of carbonyl (C=O) groups is 1.